The summed E-state index contributed by atoms with van der Waals surface area (Å²) in [6.45, 7) is 4.93. The summed E-state index contributed by atoms with van der Waals surface area (Å²) in [5.74, 6) is -1.12. The van der Waals surface area contributed by atoms with Crippen LogP contribution in [0.15, 0.2) is 22.7 Å². The van der Waals surface area contributed by atoms with Crippen molar-refractivity contribution in [1.82, 2.24) is 5.32 Å². The Bertz CT molecular complexity index is 379. The Morgan fingerprint density at radius 2 is 2.25 bits per heavy atom. The van der Waals surface area contributed by atoms with E-state index in [0.717, 1.165) is 4.47 Å². The van der Waals surface area contributed by atoms with Crippen molar-refractivity contribution < 1.29 is 9.90 Å². The lowest BCUT2D eigenvalue weighted by Crippen LogP contribution is -2.26. The van der Waals surface area contributed by atoms with E-state index in [1.54, 1.807) is 6.92 Å². The van der Waals surface area contributed by atoms with Gasteiger partial charge in [0.25, 0.3) is 0 Å². The van der Waals surface area contributed by atoms with Crippen molar-refractivity contribution in [3.8, 4) is 0 Å². The van der Waals surface area contributed by atoms with E-state index in [9.17, 15) is 4.79 Å². The first-order valence-corrected chi connectivity index (χ1v) is 5.98. The highest BCUT2D eigenvalue weighted by Crippen LogP contribution is 2.15. The lowest BCUT2D eigenvalue weighted by atomic mass is 10.1. The van der Waals surface area contributed by atoms with Crippen LogP contribution in [0.3, 0.4) is 0 Å². The molecule has 1 aromatic rings. The summed E-state index contributed by atoms with van der Waals surface area (Å²) in [4.78, 5) is 10.6. The van der Waals surface area contributed by atoms with Crippen molar-refractivity contribution in [2.24, 2.45) is 5.92 Å². The third-order valence-corrected chi connectivity index (χ3v) is 2.99. The predicted octanol–water partition coefficient (Wildman–Crippen LogP) is 2.57. The number of halogens is 1. The van der Waals surface area contributed by atoms with Gasteiger partial charge in [-0.05, 0) is 30.2 Å². The summed E-state index contributed by atoms with van der Waals surface area (Å²) in [6.07, 6.45) is 0. The van der Waals surface area contributed by atoms with Crippen LogP contribution in [0.5, 0.6) is 0 Å². The molecule has 0 fully saturated rings. The monoisotopic (exact) mass is 285 g/mol. The zero-order valence-corrected chi connectivity index (χ0v) is 11.0. The summed E-state index contributed by atoms with van der Waals surface area (Å²) in [6, 6.07) is 6.09. The molecule has 1 atom stereocenters. The van der Waals surface area contributed by atoms with Crippen LogP contribution in [0.4, 0.5) is 0 Å². The van der Waals surface area contributed by atoms with Crippen LogP contribution in [0, 0.1) is 12.8 Å². The van der Waals surface area contributed by atoms with Crippen molar-refractivity contribution in [2.45, 2.75) is 20.4 Å². The SMILES string of the molecule is Cc1ccc(Br)cc1CNCC(C)C(=O)O. The van der Waals surface area contributed by atoms with E-state index in [4.69, 9.17) is 5.11 Å². The van der Waals surface area contributed by atoms with Gasteiger partial charge in [0.2, 0.25) is 0 Å². The number of nitrogens with one attached hydrogen (secondary N) is 1. The molecule has 0 amide bonds. The van der Waals surface area contributed by atoms with E-state index < -0.39 is 5.97 Å². The number of rotatable bonds is 5. The summed E-state index contributed by atoms with van der Waals surface area (Å²) >= 11 is 3.42. The van der Waals surface area contributed by atoms with Crippen molar-refractivity contribution in [3.63, 3.8) is 0 Å². The Morgan fingerprint density at radius 3 is 2.88 bits per heavy atom. The second-order valence-corrected chi connectivity index (χ2v) is 4.86. The minimum atomic E-state index is -0.765. The Balaban J connectivity index is 2.48. The molecule has 0 heterocycles. The Morgan fingerprint density at radius 1 is 1.56 bits per heavy atom. The predicted molar refractivity (Wildman–Crippen MR) is 67.4 cm³/mol. The van der Waals surface area contributed by atoms with Crippen LogP contribution in [0.2, 0.25) is 0 Å². The van der Waals surface area contributed by atoms with E-state index in [-0.39, 0.29) is 5.92 Å². The third-order valence-electron chi connectivity index (χ3n) is 2.50. The number of hydrogen-bond acceptors (Lipinski definition) is 2. The van der Waals surface area contributed by atoms with Crippen molar-refractivity contribution in [1.29, 1.82) is 0 Å². The fourth-order valence-corrected chi connectivity index (χ4v) is 1.75. The van der Waals surface area contributed by atoms with Crippen molar-refractivity contribution >= 4 is 21.9 Å². The van der Waals surface area contributed by atoms with Gasteiger partial charge in [0.15, 0.2) is 0 Å². The van der Waals surface area contributed by atoms with Crippen molar-refractivity contribution in [2.75, 3.05) is 6.54 Å². The van der Waals surface area contributed by atoms with Crippen molar-refractivity contribution in [3.05, 3.63) is 33.8 Å². The van der Waals surface area contributed by atoms with Crippen LogP contribution in [0.1, 0.15) is 18.1 Å². The van der Waals surface area contributed by atoms with Gasteiger partial charge in [-0.2, -0.15) is 0 Å². The van der Waals surface area contributed by atoms with Gasteiger partial charge in [-0.3, -0.25) is 4.79 Å². The highest BCUT2D eigenvalue weighted by atomic mass is 79.9. The lowest BCUT2D eigenvalue weighted by Gasteiger charge is -2.10. The molecule has 1 rings (SSSR count). The van der Waals surface area contributed by atoms with E-state index >= 15 is 0 Å². The molecule has 88 valence electrons. The Kier molecular flexibility index (Phi) is 4.96. The quantitative estimate of drug-likeness (QED) is 0.874. The van der Waals surface area contributed by atoms with Crippen LogP contribution < -0.4 is 5.32 Å². The molecule has 0 radical (unpaired) electrons. The van der Waals surface area contributed by atoms with Gasteiger partial charge < -0.3 is 10.4 Å². The maximum absolute atomic E-state index is 10.6. The van der Waals surface area contributed by atoms with Gasteiger partial charge in [-0.1, -0.05) is 28.9 Å². The molecule has 4 heteroatoms. The number of carboxylic acids is 1. The molecular formula is C12H16BrNO2. The second kappa shape index (κ2) is 6.01. The maximum atomic E-state index is 10.6. The lowest BCUT2D eigenvalue weighted by molar-refractivity contribution is -0.140. The van der Waals surface area contributed by atoms with Crippen LogP contribution in [-0.4, -0.2) is 17.6 Å². The molecule has 1 aromatic carbocycles. The van der Waals surface area contributed by atoms with Crippen LogP contribution in [0.25, 0.3) is 0 Å². The zero-order chi connectivity index (χ0) is 12.1. The molecule has 0 saturated heterocycles. The molecule has 0 aromatic heterocycles. The molecule has 0 spiro atoms. The molecule has 0 saturated carbocycles. The van der Waals surface area contributed by atoms with Gasteiger partial charge in [-0.25, -0.2) is 0 Å². The minimum Gasteiger partial charge on any atom is -0.481 e. The fraction of sp³-hybridized carbons (Fsp3) is 0.417. The average Bonchev–Trinajstić information content (AvgIpc) is 2.22. The van der Waals surface area contributed by atoms with Gasteiger partial charge in [-0.15, -0.1) is 0 Å². The van der Waals surface area contributed by atoms with Crippen LogP contribution >= 0.6 is 15.9 Å². The molecule has 3 nitrogen and oxygen atoms in total. The van der Waals surface area contributed by atoms with Gasteiger partial charge in [0.1, 0.15) is 0 Å². The number of benzene rings is 1. The first-order valence-electron chi connectivity index (χ1n) is 5.19. The maximum Gasteiger partial charge on any atom is 0.307 e. The Hall–Kier alpha value is -0.870. The topological polar surface area (TPSA) is 49.3 Å². The van der Waals surface area contributed by atoms with Gasteiger partial charge >= 0.3 is 5.97 Å². The second-order valence-electron chi connectivity index (χ2n) is 3.94. The minimum absolute atomic E-state index is 0.354. The highest BCUT2D eigenvalue weighted by Gasteiger charge is 2.09. The zero-order valence-electron chi connectivity index (χ0n) is 9.46. The van der Waals surface area contributed by atoms with Gasteiger partial charge in [0, 0.05) is 17.6 Å². The largest absolute Gasteiger partial charge is 0.481 e. The first-order chi connectivity index (χ1) is 7.50. The molecule has 0 aliphatic carbocycles. The first kappa shape index (κ1) is 13.2. The summed E-state index contributed by atoms with van der Waals surface area (Å²) in [5.41, 5.74) is 2.39. The Labute approximate surface area is 104 Å². The van der Waals surface area contributed by atoms with E-state index in [0.29, 0.717) is 13.1 Å². The standard InChI is InChI=1S/C12H16BrNO2/c1-8-3-4-11(13)5-10(8)7-14-6-9(2)12(15)16/h3-5,9,14H,6-7H2,1-2H3,(H,15,16). The fourth-order valence-electron chi connectivity index (χ4n) is 1.34. The molecule has 1 unspecified atom stereocenters. The normalized spacial score (nSPS) is 12.4. The number of carbonyl (C=O) groups is 1. The van der Waals surface area contributed by atoms with E-state index in [2.05, 4.69) is 21.2 Å². The molecule has 0 aliphatic heterocycles. The van der Waals surface area contributed by atoms with Crippen LogP contribution in [-0.2, 0) is 11.3 Å². The number of aryl methyl sites for hydroxylation is 1. The average molecular weight is 286 g/mol. The molecular weight excluding hydrogens is 270 g/mol. The summed E-state index contributed by atoms with van der Waals surface area (Å²) < 4.78 is 1.04. The number of carboxylic acid groups (broad SMARTS) is 1. The summed E-state index contributed by atoms with van der Waals surface area (Å²) in [7, 11) is 0. The third kappa shape index (κ3) is 3.94. The summed E-state index contributed by atoms with van der Waals surface area (Å²) in [5, 5.41) is 11.9. The number of hydrogen-bond donors (Lipinski definition) is 2. The van der Waals surface area contributed by atoms with Gasteiger partial charge in [0.05, 0.1) is 5.92 Å². The molecule has 16 heavy (non-hydrogen) atoms. The number of aliphatic carboxylic acids is 1. The molecule has 0 bridgehead atoms. The smallest absolute Gasteiger partial charge is 0.307 e. The molecule has 0 aliphatic rings. The highest BCUT2D eigenvalue weighted by molar-refractivity contribution is 9.10. The van der Waals surface area contributed by atoms with E-state index in [1.807, 2.05) is 25.1 Å². The van der Waals surface area contributed by atoms with E-state index in [1.165, 1.54) is 11.1 Å². The molecule has 2 N–H and O–H groups in total.